The number of ether oxygens (including phenoxy) is 1. The first kappa shape index (κ1) is 22.3. The van der Waals surface area contributed by atoms with Gasteiger partial charge in [0.25, 0.3) is 0 Å². The molecule has 0 saturated heterocycles. The van der Waals surface area contributed by atoms with E-state index in [4.69, 9.17) is 4.74 Å². The minimum atomic E-state index is -0.660. The predicted molar refractivity (Wildman–Crippen MR) is 112 cm³/mol. The zero-order valence-corrected chi connectivity index (χ0v) is 17.4. The van der Waals surface area contributed by atoms with Crippen LogP contribution in [0, 0.1) is 19.3 Å². The molecule has 0 fully saturated rings. The Morgan fingerprint density at radius 2 is 1.69 bits per heavy atom. The van der Waals surface area contributed by atoms with Gasteiger partial charge in [0.15, 0.2) is 5.78 Å². The van der Waals surface area contributed by atoms with Crippen molar-refractivity contribution in [2.24, 2.45) is 5.41 Å². The highest BCUT2D eigenvalue weighted by Crippen LogP contribution is 2.25. The van der Waals surface area contributed by atoms with Gasteiger partial charge in [0.1, 0.15) is 17.2 Å². The van der Waals surface area contributed by atoms with Gasteiger partial charge < -0.3 is 20.3 Å². The fraction of sp³-hybridized carbons (Fsp3) is 0.391. The number of carbonyl (C=O) groups is 2. The van der Waals surface area contributed by atoms with Crippen LogP contribution in [-0.4, -0.2) is 35.1 Å². The molecule has 0 bridgehead atoms. The summed E-state index contributed by atoms with van der Waals surface area (Å²) in [6.45, 7) is 7.96. The largest absolute Gasteiger partial charge is 0.508 e. The summed E-state index contributed by atoms with van der Waals surface area (Å²) >= 11 is 0. The van der Waals surface area contributed by atoms with E-state index in [9.17, 15) is 19.8 Å². The first-order valence-electron chi connectivity index (χ1n) is 9.63. The molecule has 6 heteroatoms. The van der Waals surface area contributed by atoms with Crippen LogP contribution >= 0.6 is 0 Å². The Morgan fingerprint density at radius 3 is 2.34 bits per heavy atom. The zero-order chi connectivity index (χ0) is 21.6. The summed E-state index contributed by atoms with van der Waals surface area (Å²) in [7, 11) is 0. The van der Waals surface area contributed by atoms with Gasteiger partial charge in [-0.1, -0.05) is 26.0 Å². The molecule has 2 rings (SSSR count). The quantitative estimate of drug-likeness (QED) is 0.439. The number of ketones is 1. The summed E-state index contributed by atoms with van der Waals surface area (Å²) in [6, 6.07) is 9.70. The average Bonchev–Trinajstić information content (AvgIpc) is 2.64. The van der Waals surface area contributed by atoms with Crippen LogP contribution in [0.4, 0.5) is 0 Å². The van der Waals surface area contributed by atoms with Crippen molar-refractivity contribution in [3.05, 3.63) is 53.1 Å². The molecular formula is C23H29NO5. The fourth-order valence-corrected chi connectivity index (χ4v) is 2.93. The molecule has 29 heavy (non-hydrogen) atoms. The van der Waals surface area contributed by atoms with Gasteiger partial charge in [-0.05, 0) is 56.0 Å². The molecule has 0 unspecified atom stereocenters. The number of nitrogens with one attached hydrogen (secondary N) is 1. The van der Waals surface area contributed by atoms with Gasteiger partial charge in [-0.15, -0.1) is 0 Å². The topological polar surface area (TPSA) is 95.9 Å². The highest BCUT2D eigenvalue weighted by molar-refractivity contribution is 6.00. The highest BCUT2D eigenvalue weighted by Gasteiger charge is 2.27. The number of Topliss-reactive ketones (excluding diaryl/α,β-unsaturated/α-hetero) is 1. The third-order valence-corrected chi connectivity index (χ3v) is 4.80. The molecule has 3 N–H and O–H groups in total. The van der Waals surface area contributed by atoms with E-state index in [2.05, 4.69) is 5.32 Å². The number of carbonyl (C=O) groups excluding carboxylic acids is 2. The third kappa shape index (κ3) is 6.52. The molecule has 2 aromatic rings. The lowest BCUT2D eigenvalue weighted by Crippen LogP contribution is -2.39. The zero-order valence-electron chi connectivity index (χ0n) is 17.4. The Hall–Kier alpha value is -3.02. The number of amides is 1. The normalized spacial score (nSPS) is 11.2. The average molecular weight is 399 g/mol. The van der Waals surface area contributed by atoms with Gasteiger partial charge in [-0.25, -0.2) is 0 Å². The number of benzene rings is 2. The molecule has 0 atom stereocenters. The number of hydrogen-bond acceptors (Lipinski definition) is 5. The fourth-order valence-electron chi connectivity index (χ4n) is 2.93. The summed E-state index contributed by atoms with van der Waals surface area (Å²) in [5, 5.41) is 21.6. The van der Waals surface area contributed by atoms with E-state index >= 15 is 0 Å². The maximum atomic E-state index is 12.5. The minimum Gasteiger partial charge on any atom is -0.508 e. The van der Waals surface area contributed by atoms with Crippen LogP contribution in [0.25, 0.3) is 0 Å². The molecular weight excluding hydrogens is 370 g/mol. The Kier molecular flexibility index (Phi) is 7.26. The van der Waals surface area contributed by atoms with Gasteiger partial charge in [-0.3, -0.25) is 9.59 Å². The van der Waals surface area contributed by atoms with Crippen molar-refractivity contribution in [3.63, 3.8) is 0 Å². The number of rotatable bonds is 9. The number of aromatic hydroxyl groups is 2. The second-order valence-electron chi connectivity index (χ2n) is 7.95. The predicted octanol–water partition coefficient (Wildman–Crippen LogP) is 3.90. The van der Waals surface area contributed by atoms with Gasteiger partial charge in [-0.2, -0.15) is 0 Å². The molecule has 0 aliphatic carbocycles. The van der Waals surface area contributed by atoms with E-state index in [1.54, 1.807) is 0 Å². The van der Waals surface area contributed by atoms with Crippen LogP contribution in [0.15, 0.2) is 36.4 Å². The van der Waals surface area contributed by atoms with E-state index < -0.39 is 11.2 Å². The molecule has 0 aliphatic heterocycles. The van der Waals surface area contributed by atoms with Crippen LogP contribution in [0.5, 0.6) is 17.2 Å². The lowest BCUT2D eigenvalue weighted by molar-refractivity contribution is -0.129. The summed E-state index contributed by atoms with van der Waals surface area (Å²) < 4.78 is 5.84. The molecule has 0 heterocycles. The molecule has 0 spiro atoms. The van der Waals surface area contributed by atoms with E-state index in [1.165, 1.54) is 12.1 Å². The third-order valence-electron chi connectivity index (χ3n) is 4.80. The minimum absolute atomic E-state index is 0.141. The van der Waals surface area contributed by atoms with Gasteiger partial charge in [0.2, 0.25) is 5.91 Å². The monoisotopic (exact) mass is 399 g/mol. The molecule has 0 radical (unpaired) electrons. The molecule has 156 valence electrons. The van der Waals surface area contributed by atoms with Crippen molar-refractivity contribution >= 4 is 11.7 Å². The summed E-state index contributed by atoms with van der Waals surface area (Å²) in [5.41, 5.74) is 1.69. The second kappa shape index (κ2) is 9.45. The molecule has 6 nitrogen and oxygen atoms in total. The second-order valence-corrected chi connectivity index (χ2v) is 7.95. The van der Waals surface area contributed by atoms with E-state index in [1.807, 2.05) is 45.9 Å². The Labute approximate surface area is 171 Å². The van der Waals surface area contributed by atoms with Crippen molar-refractivity contribution in [2.75, 3.05) is 13.2 Å². The van der Waals surface area contributed by atoms with Crippen LogP contribution in [-0.2, 0) is 4.79 Å². The summed E-state index contributed by atoms with van der Waals surface area (Å²) in [6.07, 6.45) is 1.30. The van der Waals surface area contributed by atoms with Crippen molar-refractivity contribution in [2.45, 2.75) is 40.5 Å². The lowest BCUT2D eigenvalue weighted by Gasteiger charge is -2.23. The first-order chi connectivity index (χ1) is 13.6. The van der Waals surface area contributed by atoms with Crippen LogP contribution in [0.1, 0.15) is 48.2 Å². The van der Waals surface area contributed by atoms with Crippen molar-refractivity contribution in [1.82, 2.24) is 5.32 Å². The highest BCUT2D eigenvalue weighted by atomic mass is 16.5. The lowest BCUT2D eigenvalue weighted by atomic mass is 9.87. The maximum Gasteiger partial charge on any atom is 0.226 e. The Morgan fingerprint density at radius 1 is 1.03 bits per heavy atom. The molecule has 1 amide bonds. The molecule has 0 aromatic heterocycles. The molecule has 0 saturated carbocycles. The van der Waals surface area contributed by atoms with E-state index in [0.717, 1.165) is 22.9 Å². The standard InChI is InChI=1S/C23H29NO5/c1-15-6-7-16(2)21(10-15)29-9-5-8-23(3,4)22(28)24-14-20(27)17-11-18(25)13-19(26)12-17/h6-7,10-13,25-26H,5,8-9,14H2,1-4H3,(H,24,28). The van der Waals surface area contributed by atoms with Crippen LogP contribution in [0.2, 0.25) is 0 Å². The number of phenolic OH excluding ortho intramolecular Hbond substituents is 2. The van der Waals surface area contributed by atoms with Crippen molar-refractivity contribution in [3.8, 4) is 17.2 Å². The van der Waals surface area contributed by atoms with Crippen molar-refractivity contribution in [1.29, 1.82) is 0 Å². The van der Waals surface area contributed by atoms with Gasteiger partial charge in [0, 0.05) is 17.0 Å². The summed E-state index contributed by atoms with van der Waals surface area (Å²) in [5.74, 6) is -0.180. The Bertz CT molecular complexity index is 869. The smallest absolute Gasteiger partial charge is 0.226 e. The molecule has 0 aliphatic rings. The van der Waals surface area contributed by atoms with Gasteiger partial charge in [0.05, 0.1) is 13.2 Å². The van der Waals surface area contributed by atoms with Crippen LogP contribution < -0.4 is 10.1 Å². The maximum absolute atomic E-state index is 12.5. The van der Waals surface area contributed by atoms with Crippen molar-refractivity contribution < 1.29 is 24.5 Å². The van der Waals surface area contributed by atoms with Crippen LogP contribution in [0.3, 0.4) is 0 Å². The summed E-state index contributed by atoms with van der Waals surface area (Å²) in [4.78, 5) is 24.7. The number of hydrogen-bond donors (Lipinski definition) is 3. The van der Waals surface area contributed by atoms with E-state index in [0.29, 0.717) is 19.4 Å². The SMILES string of the molecule is Cc1ccc(C)c(OCCCC(C)(C)C(=O)NCC(=O)c2cc(O)cc(O)c2)c1. The first-order valence-corrected chi connectivity index (χ1v) is 9.63. The Balaban J connectivity index is 1.81. The number of phenols is 2. The number of aryl methyl sites for hydroxylation is 2. The molecule has 2 aromatic carbocycles. The van der Waals surface area contributed by atoms with E-state index in [-0.39, 0.29) is 29.5 Å². The van der Waals surface area contributed by atoms with Gasteiger partial charge >= 0.3 is 0 Å².